The smallest absolute Gasteiger partial charge is 0.227 e. The van der Waals surface area contributed by atoms with Crippen LogP contribution in [0.4, 0.5) is 0 Å². The van der Waals surface area contributed by atoms with E-state index in [0.717, 1.165) is 31.0 Å². The molecule has 1 atom stereocenters. The van der Waals surface area contributed by atoms with E-state index in [2.05, 4.69) is 28.4 Å². The minimum Gasteiger partial charge on any atom is -0.339 e. The zero-order valence-corrected chi connectivity index (χ0v) is 11.2. The predicted molar refractivity (Wildman–Crippen MR) is 73.8 cm³/mol. The number of aromatic nitrogens is 2. The average molecular weight is 257 g/mol. The largest absolute Gasteiger partial charge is 0.339 e. The summed E-state index contributed by atoms with van der Waals surface area (Å²) in [4.78, 5) is 4.53. The van der Waals surface area contributed by atoms with Crippen LogP contribution in [0.3, 0.4) is 0 Å². The molecule has 0 aliphatic carbocycles. The predicted octanol–water partition coefficient (Wildman–Crippen LogP) is 2.59. The van der Waals surface area contributed by atoms with E-state index in [4.69, 9.17) is 4.52 Å². The summed E-state index contributed by atoms with van der Waals surface area (Å²) in [5.74, 6) is 2.09. The van der Waals surface area contributed by atoms with Gasteiger partial charge in [-0.3, -0.25) is 0 Å². The van der Waals surface area contributed by atoms with E-state index in [-0.39, 0.29) is 0 Å². The number of rotatable bonds is 3. The molecule has 0 spiro atoms. The minimum absolute atomic E-state index is 0.624. The van der Waals surface area contributed by atoms with Crippen LogP contribution in [-0.4, -0.2) is 23.2 Å². The van der Waals surface area contributed by atoms with Crippen LogP contribution in [-0.2, 0) is 6.42 Å². The molecule has 1 aromatic carbocycles. The van der Waals surface area contributed by atoms with E-state index >= 15 is 0 Å². The molecule has 1 N–H and O–H groups in total. The van der Waals surface area contributed by atoms with Gasteiger partial charge >= 0.3 is 0 Å². The SMILES string of the molecule is Cc1ccccc1-c1noc(CC2CCCNC2)n1. The molecule has 1 aliphatic heterocycles. The highest BCUT2D eigenvalue weighted by molar-refractivity contribution is 5.58. The zero-order valence-electron chi connectivity index (χ0n) is 11.2. The minimum atomic E-state index is 0.624. The van der Waals surface area contributed by atoms with Gasteiger partial charge in [0, 0.05) is 12.0 Å². The number of nitrogens with zero attached hydrogens (tertiary/aromatic N) is 2. The van der Waals surface area contributed by atoms with E-state index in [0.29, 0.717) is 11.7 Å². The summed E-state index contributed by atoms with van der Waals surface area (Å²) >= 11 is 0. The van der Waals surface area contributed by atoms with Gasteiger partial charge in [-0.15, -0.1) is 0 Å². The Balaban J connectivity index is 1.74. The number of hydrogen-bond acceptors (Lipinski definition) is 4. The molecule has 0 saturated carbocycles. The molecule has 0 amide bonds. The van der Waals surface area contributed by atoms with Crippen LogP contribution in [0.5, 0.6) is 0 Å². The maximum atomic E-state index is 5.39. The molecule has 1 saturated heterocycles. The van der Waals surface area contributed by atoms with Crippen LogP contribution < -0.4 is 5.32 Å². The first-order valence-electron chi connectivity index (χ1n) is 6.92. The van der Waals surface area contributed by atoms with Crippen LogP contribution in [0, 0.1) is 12.8 Å². The van der Waals surface area contributed by atoms with Gasteiger partial charge in [0.1, 0.15) is 0 Å². The van der Waals surface area contributed by atoms with Gasteiger partial charge in [0.05, 0.1) is 0 Å². The third-order valence-electron chi connectivity index (χ3n) is 3.72. The second-order valence-electron chi connectivity index (χ2n) is 5.24. The van der Waals surface area contributed by atoms with Gasteiger partial charge in [-0.05, 0) is 44.3 Å². The van der Waals surface area contributed by atoms with Gasteiger partial charge in [0.2, 0.25) is 11.7 Å². The average Bonchev–Trinajstić information content (AvgIpc) is 2.89. The highest BCUT2D eigenvalue weighted by Gasteiger charge is 2.18. The fourth-order valence-corrected chi connectivity index (χ4v) is 2.62. The molecule has 2 heterocycles. The first-order valence-corrected chi connectivity index (χ1v) is 6.92. The van der Waals surface area contributed by atoms with Crippen molar-refractivity contribution >= 4 is 0 Å². The number of benzene rings is 1. The second-order valence-corrected chi connectivity index (χ2v) is 5.24. The monoisotopic (exact) mass is 257 g/mol. The van der Waals surface area contributed by atoms with Crippen molar-refractivity contribution in [3.05, 3.63) is 35.7 Å². The zero-order chi connectivity index (χ0) is 13.1. The topological polar surface area (TPSA) is 51.0 Å². The number of nitrogens with one attached hydrogen (secondary N) is 1. The lowest BCUT2D eigenvalue weighted by Gasteiger charge is -2.20. The number of piperidine rings is 1. The first kappa shape index (κ1) is 12.4. The van der Waals surface area contributed by atoms with Crippen molar-refractivity contribution in [1.29, 1.82) is 0 Å². The third kappa shape index (κ3) is 2.84. The van der Waals surface area contributed by atoms with Gasteiger partial charge in [-0.1, -0.05) is 29.4 Å². The molecule has 3 rings (SSSR count). The Morgan fingerprint density at radius 3 is 3.05 bits per heavy atom. The van der Waals surface area contributed by atoms with Crippen molar-refractivity contribution in [1.82, 2.24) is 15.5 Å². The van der Waals surface area contributed by atoms with E-state index in [1.165, 1.54) is 18.4 Å². The van der Waals surface area contributed by atoms with Crippen molar-refractivity contribution in [2.75, 3.05) is 13.1 Å². The van der Waals surface area contributed by atoms with Gasteiger partial charge in [0.25, 0.3) is 0 Å². The Morgan fingerprint density at radius 1 is 1.37 bits per heavy atom. The molecule has 4 heteroatoms. The van der Waals surface area contributed by atoms with Crippen LogP contribution in [0.1, 0.15) is 24.3 Å². The fraction of sp³-hybridized carbons (Fsp3) is 0.467. The molecule has 1 aliphatic rings. The molecule has 1 unspecified atom stereocenters. The molecule has 19 heavy (non-hydrogen) atoms. The second kappa shape index (κ2) is 5.53. The molecule has 0 radical (unpaired) electrons. The highest BCUT2D eigenvalue weighted by atomic mass is 16.5. The summed E-state index contributed by atoms with van der Waals surface area (Å²) in [6.45, 7) is 4.26. The number of aryl methyl sites for hydroxylation is 1. The van der Waals surface area contributed by atoms with Crippen LogP contribution >= 0.6 is 0 Å². The van der Waals surface area contributed by atoms with Gasteiger partial charge in [-0.2, -0.15) is 4.98 Å². The van der Waals surface area contributed by atoms with Crippen molar-refractivity contribution in [2.45, 2.75) is 26.2 Å². The Bertz CT molecular complexity index is 544. The Morgan fingerprint density at radius 2 is 2.26 bits per heavy atom. The quantitative estimate of drug-likeness (QED) is 0.918. The van der Waals surface area contributed by atoms with Gasteiger partial charge < -0.3 is 9.84 Å². The molecule has 1 aromatic heterocycles. The van der Waals surface area contributed by atoms with Crippen LogP contribution in [0.25, 0.3) is 11.4 Å². The van der Waals surface area contributed by atoms with Crippen molar-refractivity contribution < 1.29 is 4.52 Å². The summed E-state index contributed by atoms with van der Waals surface area (Å²) in [5.41, 5.74) is 2.23. The molecule has 2 aromatic rings. The van der Waals surface area contributed by atoms with Crippen LogP contribution in [0.15, 0.2) is 28.8 Å². The first-order chi connectivity index (χ1) is 9.33. The van der Waals surface area contributed by atoms with Crippen molar-refractivity contribution in [3.63, 3.8) is 0 Å². The van der Waals surface area contributed by atoms with E-state index < -0.39 is 0 Å². The summed E-state index contributed by atoms with van der Waals surface area (Å²) in [6, 6.07) is 8.12. The standard InChI is InChI=1S/C15H19N3O/c1-11-5-2-3-7-13(11)15-17-14(19-18-15)9-12-6-4-8-16-10-12/h2-3,5,7,12,16H,4,6,8-10H2,1H3. The van der Waals surface area contributed by atoms with Crippen molar-refractivity contribution in [3.8, 4) is 11.4 Å². The summed E-state index contributed by atoms with van der Waals surface area (Å²) in [7, 11) is 0. The Labute approximate surface area is 113 Å². The lowest BCUT2D eigenvalue weighted by molar-refractivity contribution is 0.316. The van der Waals surface area contributed by atoms with E-state index in [1.54, 1.807) is 0 Å². The van der Waals surface area contributed by atoms with Crippen molar-refractivity contribution in [2.24, 2.45) is 5.92 Å². The lowest BCUT2D eigenvalue weighted by Crippen LogP contribution is -2.30. The molecular formula is C15H19N3O. The Hall–Kier alpha value is -1.68. The van der Waals surface area contributed by atoms with Gasteiger partial charge in [0.15, 0.2) is 0 Å². The lowest BCUT2D eigenvalue weighted by atomic mass is 9.96. The third-order valence-corrected chi connectivity index (χ3v) is 3.72. The van der Waals surface area contributed by atoms with E-state index in [1.807, 2.05) is 18.2 Å². The summed E-state index contributed by atoms with van der Waals surface area (Å²) in [6.07, 6.45) is 3.37. The maximum Gasteiger partial charge on any atom is 0.227 e. The fourth-order valence-electron chi connectivity index (χ4n) is 2.62. The molecule has 0 bridgehead atoms. The molecule has 4 nitrogen and oxygen atoms in total. The molecule has 1 fully saturated rings. The maximum absolute atomic E-state index is 5.39. The molecule has 100 valence electrons. The summed E-state index contributed by atoms with van der Waals surface area (Å²) < 4.78 is 5.39. The highest BCUT2D eigenvalue weighted by Crippen LogP contribution is 2.21. The number of hydrogen-bond donors (Lipinski definition) is 1. The normalized spacial score (nSPS) is 19.5. The van der Waals surface area contributed by atoms with Crippen LogP contribution in [0.2, 0.25) is 0 Å². The summed E-state index contributed by atoms with van der Waals surface area (Å²) in [5, 5.41) is 7.52. The molecular weight excluding hydrogens is 238 g/mol. The van der Waals surface area contributed by atoms with Gasteiger partial charge in [-0.25, -0.2) is 0 Å². The Kier molecular flexibility index (Phi) is 3.60. The van der Waals surface area contributed by atoms with E-state index in [9.17, 15) is 0 Å².